The van der Waals surface area contributed by atoms with E-state index in [4.69, 9.17) is 0 Å². The highest BCUT2D eigenvalue weighted by Gasteiger charge is 2.46. The molecule has 0 saturated carbocycles. The molecule has 0 saturated heterocycles. The van der Waals surface area contributed by atoms with Crippen molar-refractivity contribution in [3.05, 3.63) is 128 Å². The Balaban J connectivity index is 1.63. The molecule has 0 atom stereocenters. The lowest BCUT2D eigenvalue weighted by atomic mass is 9.65. The number of benzene rings is 4. The number of hydrogen-bond acceptors (Lipinski definition) is 0. The van der Waals surface area contributed by atoms with Crippen LogP contribution in [0.15, 0.2) is 83.3 Å². The molecule has 0 heterocycles. The Hall–Kier alpha value is -2.64. The molecule has 1 heteroatoms. The first kappa shape index (κ1) is 17.1. The zero-order valence-corrected chi connectivity index (χ0v) is 18.3. The standard InChI is InChI=1S/C29H21Br/c30-24-13-14-28-26(17-24)25-3-1-2-4-27(25)29(28,22-11-9-18-5-7-20(18)15-22)23-12-10-19-6-8-21(19)16-23/h1-4,9-17H,5-8H2. The number of fused-ring (bicyclic) bond motifs is 5. The Kier molecular flexibility index (Phi) is 3.39. The monoisotopic (exact) mass is 448 g/mol. The van der Waals surface area contributed by atoms with Gasteiger partial charge in [0.2, 0.25) is 0 Å². The van der Waals surface area contributed by atoms with Gasteiger partial charge in [0.15, 0.2) is 0 Å². The minimum absolute atomic E-state index is 0.248. The van der Waals surface area contributed by atoms with E-state index in [9.17, 15) is 0 Å². The highest BCUT2D eigenvalue weighted by atomic mass is 79.9. The number of hydrogen-bond donors (Lipinski definition) is 0. The number of aryl methyl sites for hydroxylation is 4. The van der Waals surface area contributed by atoms with Gasteiger partial charge < -0.3 is 0 Å². The van der Waals surface area contributed by atoms with Crippen LogP contribution >= 0.6 is 15.9 Å². The fourth-order valence-electron chi connectivity index (χ4n) is 5.90. The maximum absolute atomic E-state index is 3.73. The second-order valence-corrected chi connectivity index (χ2v) is 9.87. The first-order chi connectivity index (χ1) is 14.7. The van der Waals surface area contributed by atoms with Crippen molar-refractivity contribution in [2.75, 3.05) is 0 Å². The van der Waals surface area contributed by atoms with Gasteiger partial charge in [-0.25, -0.2) is 0 Å². The maximum atomic E-state index is 3.73. The third kappa shape index (κ3) is 2.07. The van der Waals surface area contributed by atoms with E-state index in [1.807, 2.05) is 0 Å². The lowest BCUT2D eigenvalue weighted by Gasteiger charge is -2.36. The van der Waals surface area contributed by atoms with Crippen LogP contribution in [-0.4, -0.2) is 0 Å². The molecule has 0 N–H and O–H groups in total. The van der Waals surface area contributed by atoms with Crippen molar-refractivity contribution in [2.45, 2.75) is 31.1 Å². The van der Waals surface area contributed by atoms with Gasteiger partial charge in [0.05, 0.1) is 5.41 Å². The molecule has 0 unspecified atom stereocenters. The SMILES string of the molecule is Brc1ccc2c(c1)-c1ccccc1C2(c1ccc2c(c1)CC2)c1ccc2c(c1)CC2. The predicted molar refractivity (Wildman–Crippen MR) is 126 cm³/mol. The maximum Gasteiger partial charge on any atom is 0.0713 e. The van der Waals surface area contributed by atoms with Gasteiger partial charge in [-0.2, -0.15) is 0 Å². The van der Waals surface area contributed by atoms with Gasteiger partial charge in [-0.3, -0.25) is 0 Å². The molecule has 0 bridgehead atoms. The lowest BCUT2D eigenvalue weighted by Crippen LogP contribution is -2.30. The Labute approximate surface area is 185 Å². The lowest BCUT2D eigenvalue weighted by molar-refractivity contribution is 0.740. The molecule has 0 radical (unpaired) electrons. The fraction of sp³-hybridized carbons (Fsp3) is 0.172. The van der Waals surface area contributed by atoms with Gasteiger partial charge in [0.1, 0.15) is 0 Å². The quantitative estimate of drug-likeness (QED) is 0.272. The highest BCUT2D eigenvalue weighted by molar-refractivity contribution is 9.10. The molecule has 0 nitrogen and oxygen atoms in total. The van der Waals surface area contributed by atoms with Gasteiger partial charge in [-0.15, -0.1) is 0 Å². The van der Waals surface area contributed by atoms with Crippen LogP contribution in [0, 0.1) is 0 Å². The molecule has 0 amide bonds. The molecule has 4 aromatic rings. The number of halogens is 1. The molecule has 4 aromatic carbocycles. The van der Waals surface area contributed by atoms with Gasteiger partial charge in [-0.05, 0) is 93.5 Å². The first-order valence-corrected chi connectivity index (χ1v) is 11.7. The molecule has 3 aliphatic rings. The zero-order chi connectivity index (χ0) is 19.9. The predicted octanol–water partition coefficient (Wildman–Crippen LogP) is 7.01. The second kappa shape index (κ2) is 5.95. The average Bonchev–Trinajstić information content (AvgIpc) is 3.01. The Morgan fingerprint density at radius 1 is 0.533 bits per heavy atom. The minimum Gasteiger partial charge on any atom is -0.0619 e. The molecule has 144 valence electrons. The zero-order valence-electron chi connectivity index (χ0n) is 16.7. The van der Waals surface area contributed by atoms with Crippen molar-refractivity contribution in [2.24, 2.45) is 0 Å². The summed E-state index contributed by atoms with van der Waals surface area (Å²) in [6.07, 6.45) is 4.86. The van der Waals surface area contributed by atoms with Crippen molar-refractivity contribution in [3.8, 4) is 11.1 Å². The van der Waals surface area contributed by atoms with Gasteiger partial charge in [-0.1, -0.05) is 82.7 Å². The van der Waals surface area contributed by atoms with Crippen molar-refractivity contribution >= 4 is 15.9 Å². The van der Waals surface area contributed by atoms with Crippen LogP contribution in [0.25, 0.3) is 11.1 Å². The van der Waals surface area contributed by atoms with Gasteiger partial charge in [0.25, 0.3) is 0 Å². The van der Waals surface area contributed by atoms with E-state index in [-0.39, 0.29) is 5.41 Å². The van der Waals surface area contributed by atoms with Crippen LogP contribution in [0.1, 0.15) is 44.5 Å². The molecule has 7 rings (SSSR count). The van der Waals surface area contributed by atoms with Crippen LogP contribution in [0.3, 0.4) is 0 Å². The van der Waals surface area contributed by atoms with Gasteiger partial charge >= 0.3 is 0 Å². The van der Waals surface area contributed by atoms with Crippen molar-refractivity contribution < 1.29 is 0 Å². The van der Waals surface area contributed by atoms with E-state index in [1.54, 1.807) is 0 Å². The topological polar surface area (TPSA) is 0 Å². The molecule has 0 spiro atoms. The van der Waals surface area contributed by atoms with Crippen LogP contribution in [-0.2, 0) is 31.1 Å². The molecular weight excluding hydrogens is 428 g/mol. The summed E-state index contributed by atoms with van der Waals surface area (Å²) in [7, 11) is 0. The molecular formula is C29H21Br. The van der Waals surface area contributed by atoms with Gasteiger partial charge in [0, 0.05) is 4.47 Å². The largest absolute Gasteiger partial charge is 0.0713 e. The summed E-state index contributed by atoms with van der Waals surface area (Å²) >= 11 is 3.73. The van der Waals surface area contributed by atoms with Crippen LogP contribution in [0.4, 0.5) is 0 Å². The summed E-state index contributed by atoms with van der Waals surface area (Å²) < 4.78 is 1.14. The number of rotatable bonds is 2. The molecule has 0 aliphatic heterocycles. The van der Waals surface area contributed by atoms with Crippen molar-refractivity contribution in [1.82, 2.24) is 0 Å². The average molecular weight is 449 g/mol. The summed E-state index contributed by atoms with van der Waals surface area (Å²) in [5, 5.41) is 0. The summed E-state index contributed by atoms with van der Waals surface area (Å²) in [4.78, 5) is 0. The molecule has 30 heavy (non-hydrogen) atoms. The fourth-order valence-corrected chi connectivity index (χ4v) is 6.26. The third-order valence-electron chi connectivity index (χ3n) is 7.61. The molecule has 3 aliphatic carbocycles. The van der Waals surface area contributed by atoms with E-state index in [1.165, 1.54) is 81.3 Å². The van der Waals surface area contributed by atoms with Crippen LogP contribution < -0.4 is 0 Å². The van der Waals surface area contributed by atoms with E-state index < -0.39 is 0 Å². The van der Waals surface area contributed by atoms with Crippen LogP contribution in [0.2, 0.25) is 0 Å². The smallest absolute Gasteiger partial charge is 0.0619 e. The van der Waals surface area contributed by atoms with Crippen molar-refractivity contribution in [1.29, 1.82) is 0 Å². The minimum atomic E-state index is -0.248. The highest BCUT2D eigenvalue weighted by Crippen LogP contribution is 2.57. The van der Waals surface area contributed by atoms with E-state index in [0.717, 1.165) is 4.47 Å². The normalized spacial score (nSPS) is 16.6. The summed E-state index contributed by atoms with van der Waals surface area (Å²) in [6, 6.07) is 30.4. The molecule has 0 fully saturated rings. The first-order valence-electron chi connectivity index (χ1n) is 10.9. The molecule has 0 aromatic heterocycles. The van der Waals surface area contributed by atoms with Crippen molar-refractivity contribution in [3.63, 3.8) is 0 Å². The van der Waals surface area contributed by atoms with E-state index in [2.05, 4.69) is 94.8 Å². The summed E-state index contributed by atoms with van der Waals surface area (Å²) in [5.41, 5.74) is 14.2. The summed E-state index contributed by atoms with van der Waals surface area (Å²) in [6.45, 7) is 0. The van der Waals surface area contributed by atoms with Crippen LogP contribution in [0.5, 0.6) is 0 Å². The van der Waals surface area contributed by atoms with E-state index in [0.29, 0.717) is 0 Å². The second-order valence-electron chi connectivity index (χ2n) is 8.95. The Bertz CT molecular complexity index is 1310. The summed E-state index contributed by atoms with van der Waals surface area (Å²) in [5.74, 6) is 0. The van der Waals surface area contributed by atoms with E-state index >= 15 is 0 Å². The Morgan fingerprint density at radius 2 is 1.13 bits per heavy atom. The Morgan fingerprint density at radius 3 is 1.73 bits per heavy atom. The third-order valence-corrected chi connectivity index (χ3v) is 8.11.